The number of benzene rings is 1. The van der Waals surface area contributed by atoms with Crippen LogP contribution in [0.3, 0.4) is 0 Å². The highest BCUT2D eigenvalue weighted by molar-refractivity contribution is 5.73. The van der Waals surface area contributed by atoms with E-state index in [1.807, 2.05) is 18.2 Å². The Morgan fingerprint density at radius 3 is 2.77 bits per heavy atom. The molecule has 0 radical (unpaired) electrons. The van der Waals surface area contributed by atoms with E-state index in [0.29, 0.717) is 11.3 Å². The molecule has 0 fully saturated rings. The van der Waals surface area contributed by atoms with E-state index >= 15 is 0 Å². The summed E-state index contributed by atoms with van der Waals surface area (Å²) < 4.78 is 1.57. The molecule has 1 aliphatic rings. The molecule has 2 aromatic rings. The Hall–Kier alpha value is -2.80. The molecule has 0 amide bonds. The highest BCUT2D eigenvalue weighted by atomic mass is 16.1. The van der Waals surface area contributed by atoms with Crippen LogP contribution in [-0.4, -0.2) is 4.57 Å². The van der Waals surface area contributed by atoms with E-state index in [9.17, 15) is 4.79 Å². The first kappa shape index (κ1) is 14.2. The van der Waals surface area contributed by atoms with Crippen LogP contribution in [-0.2, 0) is 6.42 Å². The van der Waals surface area contributed by atoms with Crippen molar-refractivity contribution in [2.45, 2.75) is 20.3 Å². The first-order chi connectivity index (χ1) is 10.4. The molecule has 0 spiro atoms. The summed E-state index contributed by atoms with van der Waals surface area (Å²) in [6.07, 6.45) is 4.59. The van der Waals surface area contributed by atoms with Gasteiger partial charge in [0, 0.05) is 23.5 Å². The number of nitrogen functional groups attached to an aromatic ring is 1. The molecular weight excluding hydrogens is 274 g/mol. The quantitative estimate of drug-likeness (QED) is 0.878. The lowest BCUT2D eigenvalue weighted by atomic mass is 9.77. The van der Waals surface area contributed by atoms with Crippen LogP contribution in [0.2, 0.25) is 0 Å². The highest BCUT2D eigenvalue weighted by Gasteiger charge is 2.26. The minimum atomic E-state index is -0.133. The average molecular weight is 291 g/mol. The predicted octanol–water partition coefficient (Wildman–Crippen LogP) is 2.77. The molecule has 0 bridgehead atoms. The molecule has 0 atom stereocenters. The lowest BCUT2D eigenvalue weighted by Crippen LogP contribution is -2.25. The topological polar surface area (TPSA) is 71.8 Å². The zero-order valence-corrected chi connectivity index (χ0v) is 12.6. The number of nitrogens with two attached hydrogens (primary N) is 1. The molecule has 0 saturated heterocycles. The minimum Gasteiger partial charge on any atom is -0.398 e. The van der Waals surface area contributed by atoms with Gasteiger partial charge in [-0.15, -0.1) is 0 Å². The molecule has 0 aliphatic heterocycles. The third-order valence-corrected chi connectivity index (χ3v) is 3.88. The number of fused-ring (bicyclic) bond motifs is 1. The summed E-state index contributed by atoms with van der Waals surface area (Å²) in [5.41, 5.74) is 9.60. The summed E-state index contributed by atoms with van der Waals surface area (Å²) in [5.74, 6) is 0. The standard InChI is InChI=1S/C18H17N3O/c1-18(2)8-13-4-3-12(10-19)7-15(13)16(9-18)21-11-14(20)5-6-17(21)22/h3-7,9,11H,8,20H2,1-2H3. The van der Waals surface area contributed by atoms with Crippen LogP contribution in [0.5, 0.6) is 0 Å². The Balaban J connectivity index is 2.30. The van der Waals surface area contributed by atoms with Gasteiger partial charge in [0.2, 0.25) is 0 Å². The van der Waals surface area contributed by atoms with Gasteiger partial charge in [-0.1, -0.05) is 26.0 Å². The van der Waals surface area contributed by atoms with E-state index in [2.05, 4.69) is 26.0 Å². The maximum atomic E-state index is 12.2. The SMILES string of the molecule is CC1(C)C=C(n2cc(N)ccc2=O)c2cc(C#N)ccc2C1. The van der Waals surface area contributed by atoms with Gasteiger partial charge in [0.25, 0.3) is 5.56 Å². The zero-order chi connectivity index (χ0) is 15.9. The van der Waals surface area contributed by atoms with Crippen molar-refractivity contribution in [3.05, 3.63) is 69.6 Å². The number of nitrogens with zero attached hydrogens (tertiary/aromatic N) is 2. The van der Waals surface area contributed by atoms with E-state index in [4.69, 9.17) is 11.0 Å². The molecule has 3 rings (SSSR count). The highest BCUT2D eigenvalue weighted by Crippen LogP contribution is 2.37. The van der Waals surface area contributed by atoms with Crippen molar-refractivity contribution < 1.29 is 0 Å². The Labute approximate surface area is 129 Å². The third-order valence-electron chi connectivity index (χ3n) is 3.88. The molecule has 1 aliphatic carbocycles. The predicted molar refractivity (Wildman–Crippen MR) is 87.1 cm³/mol. The number of aromatic nitrogens is 1. The Morgan fingerprint density at radius 2 is 2.05 bits per heavy atom. The van der Waals surface area contributed by atoms with Gasteiger partial charge >= 0.3 is 0 Å². The number of hydrogen-bond donors (Lipinski definition) is 1. The lowest BCUT2D eigenvalue weighted by Gasteiger charge is -2.30. The molecule has 0 saturated carbocycles. The van der Waals surface area contributed by atoms with Crippen molar-refractivity contribution in [1.29, 1.82) is 5.26 Å². The molecule has 4 heteroatoms. The summed E-state index contributed by atoms with van der Waals surface area (Å²) in [5, 5.41) is 9.14. The monoisotopic (exact) mass is 291 g/mol. The van der Waals surface area contributed by atoms with Crippen LogP contribution in [0.4, 0.5) is 5.69 Å². The summed E-state index contributed by atoms with van der Waals surface area (Å²) in [6, 6.07) is 10.8. The van der Waals surface area contributed by atoms with Gasteiger partial charge in [-0.2, -0.15) is 5.26 Å². The van der Waals surface area contributed by atoms with E-state index < -0.39 is 0 Å². The molecule has 0 unspecified atom stereocenters. The number of allylic oxidation sites excluding steroid dienone is 1. The van der Waals surface area contributed by atoms with Crippen molar-refractivity contribution in [2.24, 2.45) is 5.41 Å². The van der Waals surface area contributed by atoms with Crippen LogP contribution < -0.4 is 11.3 Å². The van der Waals surface area contributed by atoms with E-state index in [1.165, 1.54) is 6.07 Å². The molecular formula is C18H17N3O. The van der Waals surface area contributed by atoms with Gasteiger partial charge in [-0.05, 0) is 35.6 Å². The fourth-order valence-corrected chi connectivity index (χ4v) is 2.92. The Morgan fingerprint density at radius 1 is 1.27 bits per heavy atom. The molecule has 4 nitrogen and oxygen atoms in total. The van der Waals surface area contributed by atoms with Crippen molar-refractivity contribution in [1.82, 2.24) is 4.57 Å². The van der Waals surface area contributed by atoms with Crippen LogP contribution >= 0.6 is 0 Å². The van der Waals surface area contributed by atoms with Crippen molar-refractivity contribution in [2.75, 3.05) is 5.73 Å². The normalized spacial score (nSPS) is 15.6. The van der Waals surface area contributed by atoms with Crippen LogP contribution in [0.1, 0.15) is 30.5 Å². The average Bonchev–Trinajstić information content (AvgIpc) is 2.47. The van der Waals surface area contributed by atoms with Gasteiger partial charge in [0.05, 0.1) is 17.3 Å². The van der Waals surface area contributed by atoms with E-state index in [-0.39, 0.29) is 11.0 Å². The number of nitriles is 1. The number of anilines is 1. The smallest absolute Gasteiger partial charge is 0.255 e. The maximum Gasteiger partial charge on any atom is 0.255 e. The molecule has 22 heavy (non-hydrogen) atoms. The largest absolute Gasteiger partial charge is 0.398 e. The first-order valence-corrected chi connectivity index (χ1v) is 7.14. The summed E-state index contributed by atoms with van der Waals surface area (Å²) in [4.78, 5) is 12.2. The molecule has 1 aromatic heterocycles. The second kappa shape index (κ2) is 4.88. The Bertz CT molecular complexity index is 882. The van der Waals surface area contributed by atoms with Gasteiger partial charge in [-0.3, -0.25) is 9.36 Å². The zero-order valence-electron chi connectivity index (χ0n) is 12.6. The molecule has 1 aromatic carbocycles. The lowest BCUT2D eigenvalue weighted by molar-refractivity contribution is 0.470. The molecule has 110 valence electrons. The summed E-state index contributed by atoms with van der Waals surface area (Å²) in [6.45, 7) is 4.26. The number of hydrogen-bond acceptors (Lipinski definition) is 3. The summed E-state index contributed by atoms with van der Waals surface area (Å²) >= 11 is 0. The first-order valence-electron chi connectivity index (χ1n) is 7.14. The molecule has 2 N–H and O–H groups in total. The second-order valence-corrected chi connectivity index (χ2v) is 6.35. The third kappa shape index (κ3) is 2.42. The maximum absolute atomic E-state index is 12.2. The van der Waals surface area contributed by atoms with Gasteiger partial charge < -0.3 is 5.73 Å². The van der Waals surface area contributed by atoms with Gasteiger partial charge in [-0.25, -0.2) is 0 Å². The summed E-state index contributed by atoms with van der Waals surface area (Å²) in [7, 11) is 0. The van der Waals surface area contributed by atoms with Crippen molar-refractivity contribution in [3.8, 4) is 6.07 Å². The van der Waals surface area contributed by atoms with Crippen LogP contribution in [0, 0.1) is 16.7 Å². The van der Waals surface area contributed by atoms with Crippen molar-refractivity contribution in [3.63, 3.8) is 0 Å². The van der Waals surface area contributed by atoms with Gasteiger partial charge in [0.15, 0.2) is 0 Å². The van der Waals surface area contributed by atoms with E-state index in [1.54, 1.807) is 16.8 Å². The minimum absolute atomic E-state index is 0.0689. The van der Waals surface area contributed by atoms with Crippen molar-refractivity contribution >= 4 is 11.4 Å². The van der Waals surface area contributed by atoms with Crippen LogP contribution in [0.25, 0.3) is 5.70 Å². The van der Waals surface area contributed by atoms with Gasteiger partial charge in [0.1, 0.15) is 0 Å². The number of rotatable bonds is 1. The fourth-order valence-electron chi connectivity index (χ4n) is 2.92. The Kier molecular flexibility index (Phi) is 3.14. The molecule has 1 heterocycles. The number of pyridine rings is 1. The fraction of sp³-hybridized carbons (Fsp3) is 0.222. The second-order valence-electron chi connectivity index (χ2n) is 6.35. The van der Waals surface area contributed by atoms with E-state index in [0.717, 1.165) is 23.2 Å². The van der Waals surface area contributed by atoms with Crippen LogP contribution in [0.15, 0.2) is 47.4 Å².